The summed E-state index contributed by atoms with van der Waals surface area (Å²) in [6.45, 7) is 7.94. The number of aryl methyl sites for hydroxylation is 1. The molecule has 0 aliphatic carbocycles. The van der Waals surface area contributed by atoms with Crippen LogP contribution in [-0.2, 0) is 9.73 Å². The fourth-order valence-corrected chi connectivity index (χ4v) is 2.55. The first kappa shape index (κ1) is 15.8. The van der Waals surface area contributed by atoms with E-state index in [4.69, 9.17) is 14.3 Å². The maximum atomic E-state index is 9.50. The largest absolute Gasteiger partial charge is 0.426 e. The molecule has 102 valence electrons. The molecule has 1 unspecified atom stereocenters. The lowest BCUT2D eigenvalue weighted by molar-refractivity contribution is 0.326. The molecule has 7 heteroatoms. The molecule has 1 aromatic carbocycles. The zero-order valence-electron chi connectivity index (χ0n) is 10.8. The highest BCUT2D eigenvalue weighted by molar-refractivity contribution is 7.54. The molecule has 0 aliphatic rings. The van der Waals surface area contributed by atoms with Gasteiger partial charge in [0.15, 0.2) is 0 Å². The van der Waals surface area contributed by atoms with E-state index in [1.807, 2.05) is 45.9 Å². The molecule has 0 radical (unpaired) electrons. The molecule has 0 saturated carbocycles. The molecule has 0 aromatic heterocycles. The Bertz CT molecular complexity index is 403. The van der Waals surface area contributed by atoms with Gasteiger partial charge in [-0.1, -0.05) is 39.0 Å². The van der Waals surface area contributed by atoms with Crippen LogP contribution >= 0.6 is 17.2 Å². The van der Waals surface area contributed by atoms with Crippen LogP contribution in [-0.4, -0.2) is 14.7 Å². The Morgan fingerprint density at radius 3 is 2.22 bits per heavy atom. The molecule has 0 heterocycles. The van der Waals surface area contributed by atoms with Crippen LogP contribution in [0.15, 0.2) is 18.2 Å². The molecule has 0 bridgehead atoms. The van der Waals surface area contributed by atoms with E-state index in [0.29, 0.717) is 5.75 Å². The Morgan fingerprint density at radius 2 is 1.72 bits per heavy atom. The fraction of sp³-hybridized carbons (Fsp3) is 0.455. The number of rotatable bonds is 4. The molecule has 1 aromatic rings. The van der Waals surface area contributed by atoms with Crippen molar-refractivity contribution in [1.29, 1.82) is 0 Å². The number of benzene rings is 1. The normalized spacial score (nSPS) is 13.8. The van der Waals surface area contributed by atoms with E-state index in [9.17, 15) is 4.89 Å². The van der Waals surface area contributed by atoms with Crippen LogP contribution in [0.4, 0.5) is 0 Å². The highest BCUT2D eigenvalue weighted by Crippen LogP contribution is 2.48. The summed E-state index contributed by atoms with van der Waals surface area (Å²) < 4.78 is 9.76. The van der Waals surface area contributed by atoms with Gasteiger partial charge in [-0.25, -0.2) is 4.31 Å². The van der Waals surface area contributed by atoms with E-state index in [1.54, 1.807) is 0 Å². The summed E-state index contributed by atoms with van der Waals surface area (Å²) in [6.07, 6.45) is 0. The van der Waals surface area contributed by atoms with Crippen molar-refractivity contribution >= 4 is 17.2 Å². The van der Waals surface area contributed by atoms with Crippen molar-refractivity contribution in [2.45, 2.75) is 33.1 Å². The Labute approximate surface area is 109 Å². The average Bonchev–Trinajstić information content (AvgIpc) is 2.18. The minimum Gasteiger partial charge on any atom is -0.426 e. The third-order valence-electron chi connectivity index (χ3n) is 2.33. The molecule has 18 heavy (non-hydrogen) atoms. The van der Waals surface area contributed by atoms with Crippen LogP contribution in [0.2, 0.25) is 0 Å². The van der Waals surface area contributed by atoms with Crippen molar-refractivity contribution in [3.63, 3.8) is 0 Å². The molecular weight excluding hydrogens is 274 g/mol. The zero-order valence-corrected chi connectivity index (χ0v) is 12.6. The third-order valence-corrected chi connectivity index (χ3v) is 3.81. The number of hydrogen-bond donors (Lipinski definition) is 3. The second kappa shape index (κ2) is 6.25. The first-order valence-corrected chi connectivity index (χ1v) is 7.64. The van der Waals surface area contributed by atoms with Gasteiger partial charge >= 0.3 is 17.2 Å². The maximum Gasteiger partial charge on any atom is 0.401 e. The van der Waals surface area contributed by atoms with Crippen LogP contribution in [0, 0.1) is 6.92 Å². The van der Waals surface area contributed by atoms with Gasteiger partial charge in [0.25, 0.3) is 0 Å². The van der Waals surface area contributed by atoms with Crippen LogP contribution in [0.25, 0.3) is 0 Å². The van der Waals surface area contributed by atoms with Crippen molar-refractivity contribution < 1.29 is 23.5 Å². The van der Waals surface area contributed by atoms with Gasteiger partial charge in [-0.2, -0.15) is 0 Å². The standard InChI is InChI=1S/C11H18O5P2/c1-8-6-5-7-9(11(2,3)4)10(8)15-18(14)16-17(12)13/h5-7,12-14H,1-4H3. The lowest BCUT2D eigenvalue weighted by Gasteiger charge is -2.24. The summed E-state index contributed by atoms with van der Waals surface area (Å²) >= 11 is 0. The molecular formula is C11H18O5P2. The summed E-state index contributed by atoms with van der Waals surface area (Å²) in [7, 11) is -4.98. The Morgan fingerprint density at radius 1 is 1.11 bits per heavy atom. The lowest BCUT2D eigenvalue weighted by Crippen LogP contribution is -2.13. The molecule has 0 amide bonds. The van der Waals surface area contributed by atoms with Gasteiger partial charge in [0.1, 0.15) is 5.75 Å². The summed E-state index contributed by atoms with van der Waals surface area (Å²) in [5, 5.41) is 0. The molecule has 1 rings (SSSR count). The van der Waals surface area contributed by atoms with Gasteiger partial charge in [0, 0.05) is 5.56 Å². The topological polar surface area (TPSA) is 79.2 Å². The van der Waals surface area contributed by atoms with Crippen LogP contribution in [0.5, 0.6) is 5.75 Å². The highest BCUT2D eigenvalue weighted by Gasteiger charge is 2.24. The monoisotopic (exact) mass is 292 g/mol. The molecule has 0 spiro atoms. The van der Waals surface area contributed by atoms with Crippen molar-refractivity contribution in [1.82, 2.24) is 0 Å². The quantitative estimate of drug-likeness (QED) is 0.743. The fourth-order valence-electron chi connectivity index (χ4n) is 1.52. The highest BCUT2D eigenvalue weighted by atomic mass is 31.2. The SMILES string of the molecule is Cc1cccc(C(C)(C)C)c1OP(O)OP(O)O. The third kappa shape index (κ3) is 4.43. The molecule has 5 nitrogen and oxygen atoms in total. The minimum atomic E-state index is -2.63. The maximum absolute atomic E-state index is 9.50. The lowest BCUT2D eigenvalue weighted by atomic mass is 9.85. The Hall–Kier alpha value is -0.280. The van der Waals surface area contributed by atoms with E-state index < -0.39 is 17.2 Å². The molecule has 0 aliphatic heterocycles. The van der Waals surface area contributed by atoms with E-state index >= 15 is 0 Å². The number of hydrogen-bond acceptors (Lipinski definition) is 5. The smallest absolute Gasteiger partial charge is 0.401 e. The van der Waals surface area contributed by atoms with Crippen molar-refractivity contribution in [3.8, 4) is 5.75 Å². The number of para-hydroxylation sites is 1. The predicted molar refractivity (Wildman–Crippen MR) is 72.1 cm³/mol. The summed E-state index contributed by atoms with van der Waals surface area (Å²) in [6, 6.07) is 5.68. The van der Waals surface area contributed by atoms with E-state index in [-0.39, 0.29) is 5.41 Å². The molecule has 3 N–H and O–H groups in total. The van der Waals surface area contributed by atoms with Crippen LogP contribution < -0.4 is 4.52 Å². The first-order valence-electron chi connectivity index (χ1n) is 5.35. The minimum absolute atomic E-state index is 0.152. The van der Waals surface area contributed by atoms with Crippen molar-refractivity contribution in [3.05, 3.63) is 29.3 Å². The van der Waals surface area contributed by atoms with Gasteiger partial charge in [-0.05, 0) is 17.9 Å². The Kier molecular flexibility index (Phi) is 5.47. The first-order chi connectivity index (χ1) is 8.21. The van der Waals surface area contributed by atoms with E-state index in [0.717, 1.165) is 11.1 Å². The van der Waals surface area contributed by atoms with Crippen LogP contribution in [0.1, 0.15) is 31.9 Å². The molecule has 0 fully saturated rings. The summed E-state index contributed by atoms with van der Waals surface area (Å²) in [5.74, 6) is 0.524. The van der Waals surface area contributed by atoms with Crippen molar-refractivity contribution in [2.75, 3.05) is 0 Å². The van der Waals surface area contributed by atoms with E-state index in [2.05, 4.69) is 4.31 Å². The Balaban J connectivity index is 3.00. The van der Waals surface area contributed by atoms with Gasteiger partial charge in [-0.15, -0.1) is 0 Å². The average molecular weight is 292 g/mol. The predicted octanol–water partition coefficient (Wildman–Crippen LogP) is 3.12. The second-order valence-electron chi connectivity index (χ2n) is 4.87. The molecule has 0 saturated heterocycles. The van der Waals surface area contributed by atoms with Gasteiger partial charge < -0.3 is 19.2 Å². The van der Waals surface area contributed by atoms with Gasteiger partial charge in [0.2, 0.25) is 0 Å². The van der Waals surface area contributed by atoms with Gasteiger partial charge in [0.05, 0.1) is 0 Å². The van der Waals surface area contributed by atoms with E-state index in [1.165, 1.54) is 0 Å². The zero-order chi connectivity index (χ0) is 13.9. The van der Waals surface area contributed by atoms with Gasteiger partial charge in [-0.3, -0.25) is 0 Å². The van der Waals surface area contributed by atoms with Crippen molar-refractivity contribution in [2.24, 2.45) is 0 Å². The summed E-state index contributed by atoms with van der Waals surface area (Å²) in [4.78, 5) is 26.9. The van der Waals surface area contributed by atoms with Crippen LogP contribution in [0.3, 0.4) is 0 Å². The summed E-state index contributed by atoms with van der Waals surface area (Å²) in [5.41, 5.74) is 1.63. The second-order valence-corrected chi connectivity index (χ2v) is 6.68. The molecule has 1 atom stereocenters.